The summed E-state index contributed by atoms with van der Waals surface area (Å²) in [6, 6.07) is 4.21. The van der Waals surface area contributed by atoms with Crippen molar-refractivity contribution < 1.29 is 20.4 Å². The Hall–Kier alpha value is -2.58. The van der Waals surface area contributed by atoms with Gasteiger partial charge in [0.1, 0.15) is 5.01 Å². The fourth-order valence-corrected chi connectivity index (χ4v) is 3.38. The molecule has 6 nitrogen and oxygen atoms in total. The molecule has 4 N–H and O–H groups in total. The number of rotatable bonds is 2. The van der Waals surface area contributed by atoms with Crippen molar-refractivity contribution in [3.8, 4) is 33.4 Å². The van der Waals surface area contributed by atoms with Crippen LogP contribution in [-0.4, -0.2) is 25.4 Å². The van der Waals surface area contributed by atoms with E-state index in [4.69, 9.17) is 0 Å². The van der Waals surface area contributed by atoms with Crippen LogP contribution in [0, 0.1) is 0 Å². The van der Waals surface area contributed by atoms with E-state index in [1.54, 1.807) is 18.2 Å². The van der Waals surface area contributed by atoms with Crippen LogP contribution in [0.1, 0.15) is 10.6 Å². The third-order valence-corrected chi connectivity index (χ3v) is 5.20. The molecule has 8 heteroatoms. The lowest BCUT2D eigenvalue weighted by Gasteiger charge is -2.07. The normalized spacial score (nSPS) is 11.4. The highest BCUT2D eigenvalue weighted by atomic mass is 79.9. The average Bonchev–Trinajstić information content (AvgIpc) is 2.57. The van der Waals surface area contributed by atoms with Crippen LogP contribution in [-0.2, 0) is 0 Å². The smallest absolute Gasteiger partial charge is 0.263 e. The number of hydrogen-bond donors (Lipinski definition) is 4. The van der Waals surface area contributed by atoms with Crippen LogP contribution >= 0.6 is 27.3 Å². The number of phenols is 4. The standard InChI is InChI=1S/C16H10BrNO5S/c17-12-7(1-3-9(19)13(12)21)2-4-11-18-6-8-5-10(20)14(22)15(23)16(8)24-11/h1-6,19-21,23H. The first kappa shape index (κ1) is 16.3. The van der Waals surface area contributed by atoms with E-state index in [0.29, 0.717) is 25.5 Å². The van der Waals surface area contributed by atoms with Crippen LogP contribution in [0.25, 0.3) is 22.6 Å². The zero-order chi connectivity index (χ0) is 17.4. The summed E-state index contributed by atoms with van der Waals surface area (Å²) in [7, 11) is 0. The summed E-state index contributed by atoms with van der Waals surface area (Å²) < 4.78 is 0.333. The molecule has 2 aliphatic rings. The van der Waals surface area contributed by atoms with E-state index in [9.17, 15) is 25.2 Å². The lowest BCUT2D eigenvalue weighted by atomic mass is 10.1. The highest BCUT2D eigenvalue weighted by Gasteiger charge is 2.16. The summed E-state index contributed by atoms with van der Waals surface area (Å²) in [5, 5.41) is 38.9. The molecule has 0 saturated heterocycles. The van der Waals surface area contributed by atoms with Gasteiger partial charge in [0, 0.05) is 11.8 Å². The van der Waals surface area contributed by atoms with Crippen LogP contribution in [0.4, 0.5) is 0 Å². The number of aromatic nitrogens is 1. The second-order valence-corrected chi connectivity index (χ2v) is 6.68. The number of halogens is 1. The van der Waals surface area contributed by atoms with Gasteiger partial charge in [0.05, 0.1) is 9.35 Å². The lowest BCUT2D eigenvalue weighted by molar-refractivity contribution is 0.401. The summed E-state index contributed by atoms with van der Waals surface area (Å²) in [6.07, 6.45) is 4.73. The molecule has 1 heterocycles. The molecule has 0 radical (unpaired) electrons. The van der Waals surface area contributed by atoms with Gasteiger partial charge in [0.15, 0.2) is 23.0 Å². The van der Waals surface area contributed by atoms with Crippen molar-refractivity contribution in [2.45, 2.75) is 0 Å². The van der Waals surface area contributed by atoms with Gasteiger partial charge < -0.3 is 20.4 Å². The Balaban J connectivity index is 2.04. The minimum absolute atomic E-state index is 0.238. The van der Waals surface area contributed by atoms with Gasteiger partial charge in [-0.25, -0.2) is 4.98 Å². The number of aromatic hydroxyl groups is 4. The predicted molar refractivity (Wildman–Crippen MR) is 94.7 cm³/mol. The van der Waals surface area contributed by atoms with Crippen LogP contribution in [0.2, 0.25) is 0 Å². The van der Waals surface area contributed by atoms with Crippen molar-refractivity contribution in [3.05, 3.63) is 49.7 Å². The number of benzene rings is 2. The Kier molecular flexibility index (Phi) is 4.16. The summed E-state index contributed by atoms with van der Waals surface area (Å²) in [6.45, 7) is 0. The second kappa shape index (κ2) is 6.14. The number of fused-ring (bicyclic) bond motifs is 1. The molecule has 0 bridgehead atoms. The Morgan fingerprint density at radius 2 is 1.79 bits per heavy atom. The van der Waals surface area contributed by atoms with Gasteiger partial charge in [0.25, 0.3) is 5.43 Å². The van der Waals surface area contributed by atoms with Crippen molar-refractivity contribution >= 4 is 39.4 Å². The molecule has 1 aromatic rings. The molecule has 0 atom stereocenters. The molecular formula is C16H10BrNO5S. The summed E-state index contributed by atoms with van der Waals surface area (Å²) in [5.74, 6) is -1.55. The molecule has 0 fully saturated rings. The Bertz CT molecular complexity index is 999. The van der Waals surface area contributed by atoms with Crippen molar-refractivity contribution in [3.63, 3.8) is 0 Å². The van der Waals surface area contributed by atoms with Gasteiger partial charge in [-0.15, -0.1) is 11.3 Å². The maximum atomic E-state index is 11.6. The zero-order valence-electron chi connectivity index (χ0n) is 11.9. The van der Waals surface area contributed by atoms with E-state index >= 15 is 0 Å². The Morgan fingerprint density at radius 1 is 1.04 bits per heavy atom. The first-order valence-electron chi connectivity index (χ1n) is 6.61. The topological polar surface area (TPSA) is 111 Å². The Labute approximate surface area is 148 Å². The van der Waals surface area contributed by atoms with E-state index in [0.717, 1.165) is 11.3 Å². The van der Waals surface area contributed by atoms with Gasteiger partial charge in [-0.05, 0) is 45.8 Å². The maximum absolute atomic E-state index is 11.6. The second-order valence-electron chi connectivity index (χ2n) is 4.86. The number of hydrogen-bond acceptors (Lipinski definition) is 7. The first-order valence-corrected chi connectivity index (χ1v) is 8.22. The minimum atomic E-state index is -0.828. The number of nitrogens with zero attached hydrogens (tertiary/aromatic N) is 1. The van der Waals surface area contributed by atoms with Gasteiger partial charge in [-0.3, -0.25) is 4.79 Å². The highest BCUT2D eigenvalue weighted by molar-refractivity contribution is 9.10. The number of phenolic OH excluding ortho intramolecular Hbond substituents is 4. The SMILES string of the molecule is O=c1c(O)cc2cnc(C=Cc3ccc(O)c(O)c3Br)sc-2c1O. The van der Waals surface area contributed by atoms with Gasteiger partial charge in [-0.2, -0.15) is 0 Å². The fourth-order valence-electron chi connectivity index (χ4n) is 2.04. The fraction of sp³-hybridized carbons (Fsp3) is 0. The highest BCUT2D eigenvalue weighted by Crippen LogP contribution is 2.38. The summed E-state index contributed by atoms with van der Waals surface area (Å²) in [4.78, 5) is 16.1. The van der Waals surface area contributed by atoms with Gasteiger partial charge >= 0.3 is 0 Å². The molecular weight excluding hydrogens is 398 g/mol. The molecule has 0 unspecified atom stereocenters. The van der Waals surface area contributed by atoms with Crippen LogP contribution in [0.5, 0.6) is 23.0 Å². The molecule has 1 aromatic carbocycles. The van der Waals surface area contributed by atoms with Crippen LogP contribution in [0.15, 0.2) is 33.7 Å². The third-order valence-electron chi connectivity index (χ3n) is 3.28. The molecule has 0 saturated carbocycles. The lowest BCUT2D eigenvalue weighted by Crippen LogP contribution is -2.01. The van der Waals surface area contributed by atoms with Crippen LogP contribution < -0.4 is 5.43 Å². The van der Waals surface area contributed by atoms with E-state index in [1.165, 1.54) is 18.3 Å². The first-order chi connectivity index (χ1) is 11.4. The Morgan fingerprint density at radius 3 is 2.54 bits per heavy atom. The largest absolute Gasteiger partial charge is 0.504 e. The van der Waals surface area contributed by atoms with E-state index in [-0.39, 0.29) is 11.5 Å². The molecule has 3 rings (SSSR count). The molecule has 1 aliphatic carbocycles. The van der Waals surface area contributed by atoms with Gasteiger partial charge in [0.2, 0.25) is 0 Å². The zero-order valence-corrected chi connectivity index (χ0v) is 14.3. The van der Waals surface area contributed by atoms with Crippen LogP contribution in [0.3, 0.4) is 0 Å². The molecule has 0 aromatic heterocycles. The molecule has 122 valence electrons. The van der Waals surface area contributed by atoms with E-state index in [2.05, 4.69) is 20.9 Å². The molecule has 1 aliphatic heterocycles. The summed E-state index contributed by atoms with van der Waals surface area (Å²) in [5.41, 5.74) is 0.236. The van der Waals surface area contributed by atoms with Crippen molar-refractivity contribution in [2.24, 2.45) is 0 Å². The predicted octanol–water partition coefficient (Wildman–Crippen LogP) is 3.36. The quantitative estimate of drug-likeness (QED) is 0.484. The molecule has 0 amide bonds. The van der Waals surface area contributed by atoms with E-state index in [1.807, 2.05) is 0 Å². The van der Waals surface area contributed by atoms with Gasteiger partial charge in [-0.1, -0.05) is 6.08 Å². The average molecular weight is 408 g/mol. The molecule has 24 heavy (non-hydrogen) atoms. The van der Waals surface area contributed by atoms with E-state index < -0.39 is 16.9 Å². The third kappa shape index (κ3) is 2.81. The van der Waals surface area contributed by atoms with Crippen molar-refractivity contribution in [1.29, 1.82) is 0 Å². The monoisotopic (exact) mass is 407 g/mol. The van der Waals surface area contributed by atoms with Crippen molar-refractivity contribution in [2.75, 3.05) is 0 Å². The van der Waals surface area contributed by atoms with Crippen molar-refractivity contribution in [1.82, 2.24) is 4.98 Å². The summed E-state index contributed by atoms with van der Waals surface area (Å²) >= 11 is 4.27. The maximum Gasteiger partial charge on any atom is 0.263 e. The molecule has 0 spiro atoms. The minimum Gasteiger partial charge on any atom is -0.504 e.